The number of rotatable bonds is 3. The predicted molar refractivity (Wildman–Crippen MR) is 98.5 cm³/mol. The number of benzene rings is 1. The Kier molecular flexibility index (Phi) is 4.04. The standard InChI is InChI=1S/C18H16FN5OS/c1-10-15(17(25)22-13-7-5-12(19)6-8-13)16(14-4-3-9-26-14)24-18(20-10)21-11(2)23-24/h3-9,15-16H,1H2,2H3,(H,22,25)(H,20,21,23)/t15-,16+/m0/s1. The summed E-state index contributed by atoms with van der Waals surface area (Å²) in [6, 6.07) is 9.21. The lowest BCUT2D eigenvalue weighted by molar-refractivity contribution is -0.119. The molecule has 8 heteroatoms. The summed E-state index contributed by atoms with van der Waals surface area (Å²) in [4.78, 5) is 18.4. The molecular weight excluding hydrogens is 353 g/mol. The van der Waals surface area contributed by atoms with Crippen LogP contribution in [0.25, 0.3) is 0 Å². The molecule has 0 fully saturated rings. The third kappa shape index (κ3) is 2.88. The lowest BCUT2D eigenvalue weighted by Crippen LogP contribution is -2.39. The van der Waals surface area contributed by atoms with E-state index >= 15 is 0 Å². The van der Waals surface area contributed by atoms with Crippen molar-refractivity contribution in [2.75, 3.05) is 10.6 Å². The summed E-state index contributed by atoms with van der Waals surface area (Å²) < 4.78 is 14.8. The number of hydrogen-bond donors (Lipinski definition) is 2. The molecule has 0 bridgehead atoms. The van der Waals surface area contributed by atoms with Crippen LogP contribution in [0, 0.1) is 18.7 Å². The maximum atomic E-state index is 13.1. The number of thiophene rings is 1. The topological polar surface area (TPSA) is 71.8 Å². The monoisotopic (exact) mass is 369 g/mol. The van der Waals surface area contributed by atoms with Crippen LogP contribution >= 0.6 is 11.3 Å². The Morgan fingerprint density at radius 2 is 2.12 bits per heavy atom. The van der Waals surface area contributed by atoms with Crippen LogP contribution in [0.2, 0.25) is 0 Å². The molecule has 2 N–H and O–H groups in total. The average molecular weight is 369 g/mol. The SMILES string of the molecule is C=C1Nc2nc(C)nn2[C@H](c2cccs2)[C@H]1C(=O)Nc1ccc(F)cc1. The van der Waals surface area contributed by atoms with Gasteiger partial charge in [-0.2, -0.15) is 10.1 Å². The summed E-state index contributed by atoms with van der Waals surface area (Å²) in [5.41, 5.74) is 1.07. The predicted octanol–water partition coefficient (Wildman–Crippen LogP) is 3.57. The molecule has 3 aromatic rings. The summed E-state index contributed by atoms with van der Waals surface area (Å²) in [6.07, 6.45) is 0. The number of nitrogens with one attached hydrogen (secondary N) is 2. The van der Waals surface area contributed by atoms with Gasteiger partial charge in [0.15, 0.2) is 0 Å². The van der Waals surface area contributed by atoms with E-state index in [-0.39, 0.29) is 17.8 Å². The van der Waals surface area contributed by atoms with Crippen LogP contribution in [0.3, 0.4) is 0 Å². The quantitative estimate of drug-likeness (QED) is 0.740. The molecule has 3 heterocycles. The first-order valence-electron chi connectivity index (χ1n) is 8.02. The molecule has 6 nitrogen and oxygen atoms in total. The van der Waals surface area contributed by atoms with E-state index < -0.39 is 5.92 Å². The second-order valence-corrected chi connectivity index (χ2v) is 6.99. The van der Waals surface area contributed by atoms with E-state index in [9.17, 15) is 9.18 Å². The van der Waals surface area contributed by atoms with Gasteiger partial charge in [0, 0.05) is 16.3 Å². The van der Waals surface area contributed by atoms with Gasteiger partial charge in [0.05, 0.1) is 0 Å². The number of fused-ring (bicyclic) bond motifs is 1. The second-order valence-electron chi connectivity index (χ2n) is 6.01. The van der Waals surface area contributed by atoms with Crippen molar-refractivity contribution in [2.24, 2.45) is 5.92 Å². The Hall–Kier alpha value is -3.00. The van der Waals surface area contributed by atoms with Gasteiger partial charge in [0.1, 0.15) is 23.6 Å². The second kappa shape index (κ2) is 6.38. The lowest BCUT2D eigenvalue weighted by atomic mass is 9.92. The molecule has 2 aromatic heterocycles. The summed E-state index contributed by atoms with van der Waals surface area (Å²) in [6.45, 7) is 5.83. The van der Waals surface area contributed by atoms with Crippen LogP contribution in [0.15, 0.2) is 54.1 Å². The minimum absolute atomic E-state index is 0.244. The molecule has 2 atom stereocenters. The molecule has 1 aliphatic rings. The molecule has 0 unspecified atom stereocenters. The maximum absolute atomic E-state index is 13.1. The number of aryl methyl sites for hydroxylation is 1. The van der Waals surface area contributed by atoms with Crippen LogP contribution in [0.5, 0.6) is 0 Å². The molecule has 1 aliphatic heterocycles. The zero-order valence-electron chi connectivity index (χ0n) is 13.9. The number of carbonyl (C=O) groups is 1. The first-order chi connectivity index (χ1) is 12.5. The van der Waals surface area contributed by atoms with Crippen LogP contribution in [0.1, 0.15) is 16.7 Å². The van der Waals surface area contributed by atoms with Gasteiger partial charge >= 0.3 is 0 Å². The van der Waals surface area contributed by atoms with E-state index in [4.69, 9.17) is 0 Å². The molecule has 0 saturated heterocycles. The van der Waals surface area contributed by atoms with Gasteiger partial charge in [-0.3, -0.25) is 4.79 Å². The van der Waals surface area contributed by atoms with Crippen molar-refractivity contribution in [3.8, 4) is 0 Å². The molecule has 1 aromatic carbocycles. The van der Waals surface area contributed by atoms with E-state index in [0.717, 1.165) is 4.88 Å². The highest BCUT2D eigenvalue weighted by molar-refractivity contribution is 7.10. The van der Waals surface area contributed by atoms with Gasteiger partial charge in [0.2, 0.25) is 11.9 Å². The first-order valence-corrected chi connectivity index (χ1v) is 8.89. The van der Waals surface area contributed by atoms with Gasteiger partial charge in [-0.05, 0) is 42.6 Å². The van der Waals surface area contributed by atoms with Crippen LogP contribution in [-0.2, 0) is 4.79 Å². The first kappa shape index (κ1) is 16.5. The van der Waals surface area contributed by atoms with Crippen molar-refractivity contribution in [3.63, 3.8) is 0 Å². The molecule has 4 rings (SSSR count). The van der Waals surface area contributed by atoms with Gasteiger partial charge in [-0.1, -0.05) is 12.6 Å². The van der Waals surface area contributed by atoms with Crippen molar-refractivity contribution in [2.45, 2.75) is 13.0 Å². The Balaban J connectivity index is 1.71. The van der Waals surface area contributed by atoms with E-state index in [2.05, 4.69) is 27.3 Å². The number of carbonyl (C=O) groups excluding carboxylic acids is 1. The number of amides is 1. The average Bonchev–Trinajstić information content (AvgIpc) is 3.24. The Morgan fingerprint density at radius 1 is 1.35 bits per heavy atom. The lowest BCUT2D eigenvalue weighted by Gasteiger charge is -2.32. The molecule has 1 amide bonds. The third-order valence-electron chi connectivity index (χ3n) is 4.19. The highest BCUT2D eigenvalue weighted by Gasteiger charge is 2.40. The van der Waals surface area contributed by atoms with Crippen LogP contribution in [-0.4, -0.2) is 20.7 Å². The molecule has 0 saturated carbocycles. The molecule has 0 aliphatic carbocycles. The van der Waals surface area contributed by atoms with Crippen molar-refractivity contribution >= 4 is 28.9 Å². The highest BCUT2D eigenvalue weighted by Crippen LogP contribution is 2.39. The van der Waals surface area contributed by atoms with Crippen LogP contribution in [0.4, 0.5) is 16.0 Å². The zero-order valence-corrected chi connectivity index (χ0v) is 14.8. The van der Waals surface area contributed by atoms with Gasteiger partial charge < -0.3 is 10.6 Å². The third-order valence-corrected chi connectivity index (χ3v) is 5.14. The fourth-order valence-corrected chi connectivity index (χ4v) is 3.91. The zero-order chi connectivity index (χ0) is 18.3. The molecule has 26 heavy (non-hydrogen) atoms. The smallest absolute Gasteiger partial charge is 0.235 e. The Bertz CT molecular complexity index is 964. The molecule has 0 spiro atoms. The maximum Gasteiger partial charge on any atom is 0.235 e. The summed E-state index contributed by atoms with van der Waals surface area (Å²) in [5.74, 6) is -0.0114. The van der Waals surface area contributed by atoms with Crippen LogP contribution < -0.4 is 10.6 Å². The fraction of sp³-hybridized carbons (Fsp3) is 0.167. The Labute approximate surface area is 153 Å². The van der Waals surface area contributed by atoms with Crippen molar-refractivity contribution in [3.05, 3.63) is 70.6 Å². The Morgan fingerprint density at radius 3 is 2.81 bits per heavy atom. The van der Waals surface area contributed by atoms with E-state index in [1.165, 1.54) is 24.3 Å². The minimum atomic E-state index is -0.590. The van der Waals surface area contributed by atoms with Crippen molar-refractivity contribution < 1.29 is 9.18 Å². The normalized spacial score (nSPS) is 18.9. The molecule has 132 valence electrons. The number of aromatic nitrogens is 3. The van der Waals surface area contributed by atoms with E-state index in [1.807, 2.05) is 17.5 Å². The van der Waals surface area contributed by atoms with Gasteiger partial charge in [-0.15, -0.1) is 11.3 Å². The molecular formula is C18H16FN5OS. The minimum Gasteiger partial charge on any atom is -0.328 e. The van der Waals surface area contributed by atoms with Crippen molar-refractivity contribution in [1.29, 1.82) is 0 Å². The summed E-state index contributed by atoms with van der Waals surface area (Å²) >= 11 is 1.55. The number of anilines is 2. The summed E-state index contributed by atoms with van der Waals surface area (Å²) in [5, 5.41) is 12.3. The van der Waals surface area contributed by atoms with Crippen molar-refractivity contribution in [1.82, 2.24) is 14.8 Å². The summed E-state index contributed by atoms with van der Waals surface area (Å²) in [7, 11) is 0. The fourth-order valence-electron chi connectivity index (χ4n) is 3.06. The number of hydrogen-bond acceptors (Lipinski definition) is 5. The largest absolute Gasteiger partial charge is 0.328 e. The van der Waals surface area contributed by atoms with E-state index in [1.54, 1.807) is 22.9 Å². The number of halogens is 1. The number of nitrogens with zero attached hydrogens (tertiary/aromatic N) is 3. The highest BCUT2D eigenvalue weighted by atomic mass is 32.1. The van der Waals surface area contributed by atoms with Gasteiger partial charge in [-0.25, -0.2) is 9.07 Å². The molecule has 0 radical (unpaired) electrons. The van der Waals surface area contributed by atoms with Gasteiger partial charge in [0.25, 0.3) is 0 Å². The van der Waals surface area contributed by atoms with E-state index in [0.29, 0.717) is 23.2 Å².